The molecule has 162 valence electrons. The second kappa shape index (κ2) is 10.7. The molecule has 4 rings (SSSR count). The quantitative estimate of drug-likeness (QED) is 0.440. The molecule has 2 aliphatic rings. The van der Waals surface area contributed by atoms with E-state index in [-0.39, 0.29) is 5.91 Å². The highest BCUT2D eigenvalue weighted by Gasteiger charge is 2.23. The number of halogens is 1. The van der Waals surface area contributed by atoms with Crippen LogP contribution in [0.3, 0.4) is 0 Å². The van der Waals surface area contributed by atoms with E-state index in [0.717, 1.165) is 55.1 Å². The van der Waals surface area contributed by atoms with Crippen LogP contribution in [0.4, 0.5) is 0 Å². The average Bonchev–Trinajstić information content (AvgIpc) is 3.08. The van der Waals surface area contributed by atoms with Gasteiger partial charge < -0.3 is 10.1 Å². The lowest BCUT2D eigenvalue weighted by Crippen LogP contribution is -2.47. The highest BCUT2D eigenvalue weighted by molar-refractivity contribution is 9.10. The minimum absolute atomic E-state index is 0.158. The van der Waals surface area contributed by atoms with E-state index in [4.69, 9.17) is 17.0 Å². The van der Waals surface area contributed by atoms with Gasteiger partial charge in [0.25, 0.3) is 5.91 Å². The molecule has 2 heterocycles. The predicted molar refractivity (Wildman–Crippen MR) is 134 cm³/mol. The first-order chi connectivity index (χ1) is 15.1. The maximum Gasteiger partial charge on any atom is 0.263 e. The van der Waals surface area contributed by atoms with Gasteiger partial charge in [0.1, 0.15) is 16.7 Å². The number of thioether (sulfide) groups is 1. The lowest BCUT2D eigenvalue weighted by atomic mass is 10.2. The van der Waals surface area contributed by atoms with E-state index in [1.807, 2.05) is 24.3 Å². The predicted octanol–water partition coefficient (Wildman–Crippen LogP) is 4.13. The highest BCUT2D eigenvalue weighted by Crippen LogP contribution is 2.31. The molecule has 2 aliphatic heterocycles. The summed E-state index contributed by atoms with van der Waals surface area (Å²) < 4.78 is 7.52. The highest BCUT2D eigenvalue weighted by atomic mass is 79.9. The fourth-order valence-electron chi connectivity index (χ4n) is 3.62. The van der Waals surface area contributed by atoms with E-state index in [2.05, 4.69) is 61.4 Å². The second-order valence-electron chi connectivity index (χ2n) is 7.49. The fraction of sp³-hybridized carbons (Fsp3) is 0.304. The van der Waals surface area contributed by atoms with Crippen molar-refractivity contribution < 1.29 is 9.53 Å². The number of ether oxygens (including phenoxy) is 1. The van der Waals surface area contributed by atoms with Crippen molar-refractivity contribution in [3.8, 4) is 5.75 Å². The van der Waals surface area contributed by atoms with E-state index in [9.17, 15) is 4.79 Å². The van der Waals surface area contributed by atoms with Gasteiger partial charge >= 0.3 is 0 Å². The first kappa shape index (κ1) is 22.5. The number of nitrogens with zero attached hydrogens (tertiary/aromatic N) is 2. The summed E-state index contributed by atoms with van der Waals surface area (Å²) in [5.41, 5.74) is 2.23. The molecule has 2 aromatic carbocycles. The van der Waals surface area contributed by atoms with Crippen LogP contribution in [0.25, 0.3) is 6.08 Å². The lowest BCUT2D eigenvalue weighted by molar-refractivity contribution is -0.115. The van der Waals surface area contributed by atoms with Crippen LogP contribution in [0.5, 0.6) is 5.75 Å². The number of hydrogen-bond acceptors (Lipinski definition) is 6. The molecule has 0 unspecified atom stereocenters. The zero-order chi connectivity index (χ0) is 21.6. The van der Waals surface area contributed by atoms with Gasteiger partial charge in [-0.15, -0.1) is 0 Å². The Hall–Kier alpha value is -1.71. The van der Waals surface area contributed by atoms with Gasteiger partial charge in [0.15, 0.2) is 0 Å². The molecule has 0 aliphatic carbocycles. The van der Waals surface area contributed by atoms with Crippen LogP contribution in [0.15, 0.2) is 57.9 Å². The Kier molecular flexibility index (Phi) is 7.79. The standard InChI is InChI=1S/C23H24BrN3O2S2/c24-19-6-7-20(18(14-19)15-21-22(28)25-23(30)31-21)29-13-12-26-8-10-27(11-9-26)16-17-4-2-1-3-5-17/h1-7,14-15H,8-13,16H2,(H,25,28,30). The van der Waals surface area contributed by atoms with Crippen LogP contribution in [-0.4, -0.2) is 59.4 Å². The average molecular weight is 519 g/mol. The summed E-state index contributed by atoms with van der Waals surface area (Å²) in [6, 6.07) is 16.5. The van der Waals surface area contributed by atoms with Crippen LogP contribution in [-0.2, 0) is 11.3 Å². The maximum absolute atomic E-state index is 12.0. The molecule has 0 radical (unpaired) electrons. The second-order valence-corrected chi connectivity index (χ2v) is 10.1. The number of thiocarbonyl (C=S) groups is 1. The molecule has 8 heteroatoms. The molecule has 2 aromatic rings. The molecule has 1 N–H and O–H groups in total. The Bertz CT molecular complexity index is 976. The first-order valence-electron chi connectivity index (χ1n) is 10.2. The Labute approximate surface area is 200 Å². The van der Waals surface area contributed by atoms with Crippen LogP contribution in [0.1, 0.15) is 11.1 Å². The summed E-state index contributed by atoms with van der Waals surface area (Å²) in [5.74, 6) is 0.610. The Morgan fingerprint density at radius 1 is 1.10 bits per heavy atom. The molecule has 0 spiro atoms. The van der Waals surface area contributed by atoms with Gasteiger partial charge in [-0.1, -0.05) is 70.2 Å². The molecule has 0 aromatic heterocycles. The molecule has 5 nitrogen and oxygen atoms in total. The van der Waals surface area contributed by atoms with Gasteiger partial charge in [-0.3, -0.25) is 14.6 Å². The Morgan fingerprint density at radius 3 is 2.55 bits per heavy atom. The lowest BCUT2D eigenvalue weighted by Gasteiger charge is -2.34. The van der Waals surface area contributed by atoms with Crippen molar-refractivity contribution in [2.45, 2.75) is 6.54 Å². The Balaban J connectivity index is 1.28. The molecule has 2 saturated heterocycles. The normalized spacial score (nSPS) is 19.1. The van der Waals surface area contributed by atoms with Crippen molar-refractivity contribution in [3.05, 3.63) is 69.0 Å². The molecule has 1 amide bonds. The molecule has 0 atom stereocenters. The number of nitrogens with one attached hydrogen (secondary N) is 1. The topological polar surface area (TPSA) is 44.8 Å². The third kappa shape index (κ3) is 6.40. The zero-order valence-corrected chi connectivity index (χ0v) is 20.3. The molecule has 0 saturated carbocycles. The van der Waals surface area contributed by atoms with Crippen molar-refractivity contribution in [2.75, 3.05) is 39.3 Å². The number of rotatable bonds is 7. The van der Waals surface area contributed by atoms with Gasteiger partial charge in [0, 0.05) is 49.3 Å². The number of carbonyl (C=O) groups excluding carboxylic acids is 1. The molecule has 2 fully saturated rings. The third-order valence-electron chi connectivity index (χ3n) is 5.28. The van der Waals surface area contributed by atoms with Crippen LogP contribution in [0.2, 0.25) is 0 Å². The largest absolute Gasteiger partial charge is 0.492 e. The van der Waals surface area contributed by atoms with Crippen LogP contribution < -0.4 is 10.1 Å². The zero-order valence-electron chi connectivity index (χ0n) is 17.1. The van der Waals surface area contributed by atoms with Gasteiger partial charge in [-0.05, 0) is 29.8 Å². The van der Waals surface area contributed by atoms with Crippen molar-refractivity contribution in [1.29, 1.82) is 0 Å². The molecular formula is C23H24BrN3O2S2. The summed E-state index contributed by atoms with van der Waals surface area (Å²) >= 11 is 9.86. The van der Waals surface area contributed by atoms with E-state index in [0.29, 0.717) is 15.8 Å². The van der Waals surface area contributed by atoms with Gasteiger partial charge in [0.2, 0.25) is 0 Å². The smallest absolute Gasteiger partial charge is 0.263 e. The van der Waals surface area contributed by atoms with E-state index in [1.54, 1.807) is 0 Å². The van der Waals surface area contributed by atoms with E-state index in [1.165, 1.54) is 17.3 Å². The number of benzene rings is 2. The number of hydrogen-bond donors (Lipinski definition) is 1. The number of amides is 1. The van der Waals surface area contributed by atoms with Gasteiger partial charge in [-0.25, -0.2) is 0 Å². The maximum atomic E-state index is 12.0. The summed E-state index contributed by atoms with van der Waals surface area (Å²) in [6.45, 7) is 6.72. The fourth-order valence-corrected chi connectivity index (χ4v) is 5.04. The van der Waals surface area contributed by atoms with E-state index >= 15 is 0 Å². The molecular weight excluding hydrogens is 494 g/mol. The van der Waals surface area contributed by atoms with Crippen LogP contribution >= 0.6 is 39.9 Å². The summed E-state index contributed by atoms with van der Waals surface area (Å²) in [4.78, 5) is 17.5. The van der Waals surface area contributed by atoms with Crippen molar-refractivity contribution >= 4 is 56.2 Å². The van der Waals surface area contributed by atoms with Crippen molar-refractivity contribution in [3.63, 3.8) is 0 Å². The summed E-state index contributed by atoms with van der Waals surface area (Å²) in [7, 11) is 0. The number of piperazine rings is 1. The van der Waals surface area contributed by atoms with Crippen molar-refractivity contribution in [1.82, 2.24) is 15.1 Å². The van der Waals surface area contributed by atoms with Crippen LogP contribution in [0, 0.1) is 0 Å². The SMILES string of the molecule is O=C1NC(=S)SC1=Cc1cc(Br)ccc1OCCN1CCN(Cc2ccccc2)CC1. The summed E-state index contributed by atoms with van der Waals surface area (Å²) in [6.07, 6.45) is 1.84. The minimum atomic E-state index is -0.158. The van der Waals surface area contributed by atoms with Crippen molar-refractivity contribution in [2.24, 2.45) is 0 Å². The first-order valence-corrected chi connectivity index (χ1v) is 12.2. The molecule has 31 heavy (non-hydrogen) atoms. The van der Waals surface area contributed by atoms with Gasteiger partial charge in [0.05, 0.1) is 4.91 Å². The summed E-state index contributed by atoms with van der Waals surface area (Å²) in [5, 5.41) is 2.65. The van der Waals surface area contributed by atoms with Gasteiger partial charge in [-0.2, -0.15) is 0 Å². The van der Waals surface area contributed by atoms with E-state index < -0.39 is 0 Å². The monoisotopic (exact) mass is 517 g/mol. The third-order valence-corrected chi connectivity index (χ3v) is 6.94. The Morgan fingerprint density at radius 2 is 1.84 bits per heavy atom. The number of carbonyl (C=O) groups is 1. The molecule has 0 bridgehead atoms. The minimum Gasteiger partial charge on any atom is -0.492 e.